The summed E-state index contributed by atoms with van der Waals surface area (Å²) in [6.07, 6.45) is 8.23. The van der Waals surface area contributed by atoms with Gasteiger partial charge in [0, 0.05) is 28.8 Å². The Hall–Kier alpha value is -1.64. The van der Waals surface area contributed by atoms with Gasteiger partial charge in [-0.25, -0.2) is 4.98 Å². The molecule has 19 heavy (non-hydrogen) atoms. The van der Waals surface area contributed by atoms with E-state index in [-0.39, 0.29) is 5.92 Å². The van der Waals surface area contributed by atoms with E-state index in [4.69, 9.17) is 0 Å². The van der Waals surface area contributed by atoms with Crippen molar-refractivity contribution < 1.29 is 4.79 Å². The van der Waals surface area contributed by atoms with Crippen molar-refractivity contribution >= 4 is 16.8 Å². The maximum absolute atomic E-state index is 12.8. The van der Waals surface area contributed by atoms with E-state index in [1.807, 2.05) is 12.1 Å². The summed E-state index contributed by atoms with van der Waals surface area (Å²) in [5.41, 5.74) is 2.84. The molecule has 3 nitrogen and oxygen atoms in total. The van der Waals surface area contributed by atoms with Crippen LogP contribution in [0.5, 0.6) is 0 Å². The molecular formula is C16H20N2O. The van der Waals surface area contributed by atoms with E-state index in [1.54, 1.807) is 6.20 Å². The number of carbonyl (C=O) groups is 1. The Morgan fingerprint density at radius 1 is 1.42 bits per heavy atom. The fraction of sp³-hybridized carbons (Fsp3) is 0.500. The molecule has 2 aromatic heterocycles. The first-order valence-corrected chi connectivity index (χ1v) is 7.31. The average molecular weight is 256 g/mol. The Bertz CT molecular complexity index is 594. The number of hydrogen-bond donors (Lipinski definition) is 1. The number of ketones is 1. The normalized spacial score (nSPS) is 16.3. The van der Waals surface area contributed by atoms with Crippen LogP contribution in [0.1, 0.15) is 55.1 Å². The van der Waals surface area contributed by atoms with Crippen LogP contribution >= 0.6 is 0 Å². The molecule has 0 aliphatic heterocycles. The van der Waals surface area contributed by atoms with Gasteiger partial charge in [0.15, 0.2) is 5.78 Å². The van der Waals surface area contributed by atoms with Crippen molar-refractivity contribution in [2.75, 3.05) is 0 Å². The van der Waals surface area contributed by atoms with Crippen LogP contribution in [0.2, 0.25) is 0 Å². The summed E-state index contributed by atoms with van der Waals surface area (Å²) in [5.74, 6) is 0.565. The van der Waals surface area contributed by atoms with Crippen molar-refractivity contribution in [2.24, 2.45) is 5.92 Å². The molecule has 0 spiro atoms. The summed E-state index contributed by atoms with van der Waals surface area (Å²) in [4.78, 5) is 20.5. The monoisotopic (exact) mass is 256 g/mol. The van der Waals surface area contributed by atoms with E-state index in [0.717, 1.165) is 48.0 Å². The lowest BCUT2D eigenvalue weighted by Gasteiger charge is -2.09. The SMILES string of the molecule is CCCc1[nH]c2ncccc2c1C(=O)C1CCCC1. The van der Waals surface area contributed by atoms with Crippen molar-refractivity contribution in [3.63, 3.8) is 0 Å². The number of aryl methyl sites for hydroxylation is 1. The first kappa shape index (κ1) is 12.4. The van der Waals surface area contributed by atoms with Gasteiger partial charge >= 0.3 is 0 Å². The van der Waals surface area contributed by atoms with Gasteiger partial charge in [0.05, 0.1) is 0 Å². The van der Waals surface area contributed by atoms with Crippen molar-refractivity contribution in [1.29, 1.82) is 0 Å². The minimum Gasteiger partial charge on any atom is -0.343 e. The molecule has 1 N–H and O–H groups in total. The average Bonchev–Trinajstić information content (AvgIpc) is 3.06. The number of H-pyrrole nitrogens is 1. The van der Waals surface area contributed by atoms with Crippen LogP contribution in [0.4, 0.5) is 0 Å². The fourth-order valence-electron chi connectivity index (χ4n) is 3.19. The minimum atomic E-state index is 0.231. The second-order valence-corrected chi connectivity index (χ2v) is 5.47. The maximum atomic E-state index is 12.8. The lowest BCUT2D eigenvalue weighted by atomic mass is 9.93. The summed E-state index contributed by atoms with van der Waals surface area (Å²) < 4.78 is 0. The molecule has 1 aliphatic rings. The lowest BCUT2D eigenvalue weighted by molar-refractivity contribution is 0.0923. The highest BCUT2D eigenvalue weighted by molar-refractivity contribution is 6.09. The third-order valence-electron chi connectivity index (χ3n) is 4.12. The summed E-state index contributed by atoms with van der Waals surface area (Å²) in [7, 11) is 0. The number of hydrogen-bond acceptors (Lipinski definition) is 2. The topological polar surface area (TPSA) is 45.8 Å². The van der Waals surface area contributed by atoms with Gasteiger partial charge in [-0.2, -0.15) is 0 Å². The lowest BCUT2D eigenvalue weighted by Crippen LogP contribution is -2.12. The Kier molecular flexibility index (Phi) is 3.36. The number of rotatable bonds is 4. The standard InChI is InChI=1S/C16H20N2O/c1-2-6-13-14(15(19)11-7-3-4-8-11)12-9-5-10-17-16(12)18-13/h5,9-11H,2-4,6-8H2,1H3,(H,17,18). The van der Waals surface area contributed by atoms with Crippen molar-refractivity contribution in [3.8, 4) is 0 Å². The second kappa shape index (κ2) is 5.16. The smallest absolute Gasteiger partial charge is 0.168 e. The van der Waals surface area contributed by atoms with Gasteiger partial charge in [0.2, 0.25) is 0 Å². The molecule has 0 bridgehead atoms. The van der Waals surface area contributed by atoms with E-state index in [1.165, 1.54) is 12.8 Å². The van der Waals surface area contributed by atoms with Crippen LogP contribution in [0.25, 0.3) is 11.0 Å². The van der Waals surface area contributed by atoms with Gasteiger partial charge in [0.1, 0.15) is 5.65 Å². The number of aromatic nitrogens is 2. The first-order valence-electron chi connectivity index (χ1n) is 7.31. The molecule has 3 heteroatoms. The molecule has 0 saturated heterocycles. The third-order valence-corrected chi connectivity index (χ3v) is 4.12. The van der Waals surface area contributed by atoms with Gasteiger partial charge in [-0.15, -0.1) is 0 Å². The van der Waals surface area contributed by atoms with Crippen LogP contribution in [0, 0.1) is 5.92 Å². The number of fused-ring (bicyclic) bond motifs is 1. The molecule has 1 fully saturated rings. The van der Waals surface area contributed by atoms with Crippen LogP contribution in [0.15, 0.2) is 18.3 Å². The molecule has 2 heterocycles. The maximum Gasteiger partial charge on any atom is 0.168 e. The van der Waals surface area contributed by atoms with E-state index in [0.29, 0.717) is 5.78 Å². The van der Waals surface area contributed by atoms with Crippen LogP contribution in [-0.4, -0.2) is 15.8 Å². The highest BCUT2D eigenvalue weighted by atomic mass is 16.1. The number of Topliss-reactive ketones (excluding diaryl/α,β-unsaturated/α-hetero) is 1. The molecule has 0 aromatic carbocycles. The first-order chi connectivity index (χ1) is 9.31. The van der Waals surface area contributed by atoms with Crippen molar-refractivity contribution in [3.05, 3.63) is 29.6 Å². The zero-order valence-electron chi connectivity index (χ0n) is 11.4. The fourth-order valence-corrected chi connectivity index (χ4v) is 3.19. The largest absolute Gasteiger partial charge is 0.343 e. The highest BCUT2D eigenvalue weighted by Gasteiger charge is 2.28. The van der Waals surface area contributed by atoms with Crippen LogP contribution < -0.4 is 0 Å². The number of nitrogens with one attached hydrogen (secondary N) is 1. The Balaban J connectivity index is 2.08. The summed E-state index contributed by atoms with van der Waals surface area (Å²) in [6.45, 7) is 2.14. The zero-order valence-corrected chi connectivity index (χ0v) is 11.4. The molecule has 1 aliphatic carbocycles. The van der Waals surface area contributed by atoms with Crippen LogP contribution in [0.3, 0.4) is 0 Å². The van der Waals surface area contributed by atoms with Gasteiger partial charge in [-0.05, 0) is 31.4 Å². The highest BCUT2D eigenvalue weighted by Crippen LogP contribution is 2.32. The van der Waals surface area contributed by atoms with E-state index in [9.17, 15) is 4.79 Å². The van der Waals surface area contributed by atoms with E-state index < -0.39 is 0 Å². The summed E-state index contributed by atoms with van der Waals surface area (Å²) in [5, 5.41) is 1.00. The number of pyridine rings is 1. The second-order valence-electron chi connectivity index (χ2n) is 5.47. The Morgan fingerprint density at radius 2 is 2.21 bits per heavy atom. The molecule has 100 valence electrons. The van der Waals surface area contributed by atoms with Crippen LogP contribution in [-0.2, 0) is 6.42 Å². The third kappa shape index (κ3) is 2.18. The molecule has 0 atom stereocenters. The Labute approximate surface area is 113 Å². The molecule has 0 amide bonds. The number of carbonyl (C=O) groups excluding carboxylic acids is 1. The van der Waals surface area contributed by atoms with Gasteiger partial charge in [-0.1, -0.05) is 26.2 Å². The van der Waals surface area contributed by atoms with Gasteiger partial charge in [0.25, 0.3) is 0 Å². The molecule has 0 radical (unpaired) electrons. The zero-order chi connectivity index (χ0) is 13.2. The van der Waals surface area contributed by atoms with Gasteiger partial charge in [-0.3, -0.25) is 4.79 Å². The number of nitrogens with zero attached hydrogens (tertiary/aromatic N) is 1. The summed E-state index contributed by atoms with van der Waals surface area (Å²) in [6, 6.07) is 3.93. The van der Waals surface area contributed by atoms with Crippen molar-refractivity contribution in [2.45, 2.75) is 45.4 Å². The predicted octanol–water partition coefficient (Wildman–Crippen LogP) is 3.89. The van der Waals surface area contributed by atoms with E-state index >= 15 is 0 Å². The molecule has 3 rings (SSSR count). The predicted molar refractivity (Wildman–Crippen MR) is 76.4 cm³/mol. The Morgan fingerprint density at radius 3 is 2.95 bits per heavy atom. The molecule has 0 unspecified atom stereocenters. The quantitative estimate of drug-likeness (QED) is 0.843. The summed E-state index contributed by atoms with van der Waals surface area (Å²) >= 11 is 0. The number of aromatic amines is 1. The molecular weight excluding hydrogens is 236 g/mol. The molecule has 2 aromatic rings. The molecule has 1 saturated carbocycles. The van der Waals surface area contributed by atoms with Gasteiger partial charge < -0.3 is 4.98 Å². The van der Waals surface area contributed by atoms with Crippen molar-refractivity contribution in [1.82, 2.24) is 9.97 Å². The van der Waals surface area contributed by atoms with E-state index in [2.05, 4.69) is 16.9 Å². The minimum absolute atomic E-state index is 0.231.